The third kappa shape index (κ3) is 3.90. The average molecular weight is 287 g/mol. The van der Waals surface area contributed by atoms with Gasteiger partial charge in [0.2, 0.25) is 0 Å². The predicted molar refractivity (Wildman–Crippen MR) is 81.1 cm³/mol. The highest BCUT2D eigenvalue weighted by atomic mass is 16.2. The van der Waals surface area contributed by atoms with Gasteiger partial charge >= 0.3 is 0 Å². The first-order valence-corrected chi connectivity index (χ1v) is 7.26. The van der Waals surface area contributed by atoms with Crippen LogP contribution in [0, 0.1) is 5.92 Å². The summed E-state index contributed by atoms with van der Waals surface area (Å²) in [7, 11) is 0. The molecule has 0 saturated carbocycles. The van der Waals surface area contributed by atoms with E-state index >= 15 is 0 Å². The molecule has 1 aromatic rings. The normalized spacial score (nSPS) is 18.1. The molecule has 2 rings (SSSR count). The summed E-state index contributed by atoms with van der Waals surface area (Å²) in [6.45, 7) is 7.61. The number of aromatic nitrogens is 1. The molecular weight excluding hydrogens is 266 g/mol. The molecule has 0 spiro atoms. The number of nitrogens with zero attached hydrogens (tertiary/aromatic N) is 2. The van der Waals surface area contributed by atoms with Gasteiger partial charge < -0.3 is 10.2 Å². The molecule has 21 heavy (non-hydrogen) atoms. The maximum atomic E-state index is 12.4. The first-order chi connectivity index (χ1) is 10.1. The molecule has 1 aromatic heterocycles. The Hall–Kier alpha value is -2.17. The molecular formula is C16H21N3O2. The number of piperidine rings is 1. The number of hydrogen-bond donors (Lipinski definition) is 1. The third-order valence-corrected chi connectivity index (χ3v) is 3.59. The Balaban J connectivity index is 2.11. The van der Waals surface area contributed by atoms with Crippen LogP contribution in [0.15, 0.2) is 31.0 Å². The Morgan fingerprint density at radius 1 is 1.57 bits per heavy atom. The van der Waals surface area contributed by atoms with Crippen LogP contribution in [0.4, 0.5) is 0 Å². The fourth-order valence-electron chi connectivity index (χ4n) is 2.49. The average Bonchev–Trinajstić information content (AvgIpc) is 2.52. The van der Waals surface area contributed by atoms with Gasteiger partial charge in [-0.1, -0.05) is 13.0 Å². The van der Waals surface area contributed by atoms with Crippen molar-refractivity contribution in [2.75, 3.05) is 19.6 Å². The zero-order chi connectivity index (χ0) is 15.2. The van der Waals surface area contributed by atoms with Crippen molar-refractivity contribution in [2.24, 2.45) is 5.92 Å². The summed E-state index contributed by atoms with van der Waals surface area (Å²) in [5.74, 6) is 0.194. The van der Waals surface area contributed by atoms with E-state index in [1.807, 2.05) is 4.90 Å². The van der Waals surface area contributed by atoms with Gasteiger partial charge in [0.25, 0.3) is 11.8 Å². The predicted octanol–water partition coefficient (Wildman–Crippen LogP) is 1.87. The maximum absolute atomic E-state index is 12.4. The third-order valence-electron chi connectivity index (χ3n) is 3.59. The summed E-state index contributed by atoms with van der Waals surface area (Å²) in [6.07, 6.45) is 5.29. The van der Waals surface area contributed by atoms with Gasteiger partial charge in [-0.2, -0.15) is 0 Å². The second kappa shape index (κ2) is 7.02. The molecule has 0 bridgehead atoms. The summed E-state index contributed by atoms with van der Waals surface area (Å²) < 4.78 is 0. The minimum absolute atomic E-state index is 0.0973. The molecule has 112 valence electrons. The van der Waals surface area contributed by atoms with Crippen LogP contribution in [0.2, 0.25) is 0 Å². The fraction of sp³-hybridized carbons (Fsp3) is 0.438. The summed E-state index contributed by atoms with van der Waals surface area (Å²) in [5, 5.41) is 2.69. The summed E-state index contributed by atoms with van der Waals surface area (Å²) in [6, 6.07) is 3.16. The largest absolute Gasteiger partial charge is 0.349 e. The van der Waals surface area contributed by atoms with E-state index in [1.165, 1.54) is 6.20 Å². The Kier molecular flexibility index (Phi) is 5.09. The Morgan fingerprint density at radius 2 is 2.38 bits per heavy atom. The van der Waals surface area contributed by atoms with Crippen LogP contribution in [0.3, 0.4) is 0 Å². The molecule has 0 radical (unpaired) electrons. The van der Waals surface area contributed by atoms with E-state index in [2.05, 4.69) is 23.8 Å². The lowest BCUT2D eigenvalue weighted by Crippen LogP contribution is -2.39. The van der Waals surface area contributed by atoms with E-state index in [0.29, 0.717) is 23.7 Å². The molecule has 1 unspecified atom stereocenters. The number of nitrogens with one attached hydrogen (secondary N) is 1. The zero-order valence-corrected chi connectivity index (χ0v) is 12.3. The van der Waals surface area contributed by atoms with Crippen molar-refractivity contribution >= 4 is 11.8 Å². The van der Waals surface area contributed by atoms with Crippen molar-refractivity contribution in [3.05, 3.63) is 42.2 Å². The molecule has 5 heteroatoms. The van der Waals surface area contributed by atoms with Crippen LogP contribution in [-0.2, 0) is 0 Å². The molecule has 2 heterocycles. The SMILES string of the molecule is C=CCNC(=O)c1ccnc(C(=O)N2CCCC(C)C2)c1. The highest BCUT2D eigenvalue weighted by Gasteiger charge is 2.23. The van der Waals surface area contributed by atoms with Gasteiger partial charge in [0, 0.05) is 31.4 Å². The van der Waals surface area contributed by atoms with Gasteiger partial charge in [-0.15, -0.1) is 6.58 Å². The standard InChI is InChI=1S/C16H21N3O2/c1-3-7-18-15(20)13-6-8-17-14(10-13)16(21)19-9-4-5-12(2)11-19/h3,6,8,10,12H,1,4-5,7,9,11H2,2H3,(H,18,20). The van der Waals surface area contributed by atoms with Crippen molar-refractivity contribution < 1.29 is 9.59 Å². The van der Waals surface area contributed by atoms with E-state index in [0.717, 1.165) is 25.9 Å². The minimum atomic E-state index is -0.224. The lowest BCUT2D eigenvalue weighted by atomic mass is 10.00. The highest BCUT2D eigenvalue weighted by Crippen LogP contribution is 2.17. The summed E-state index contributed by atoms with van der Waals surface area (Å²) >= 11 is 0. The van der Waals surface area contributed by atoms with Crippen molar-refractivity contribution in [3.63, 3.8) is 0 Å². The number of amides is 2. The topological polar surface area (TPSA) is 62.3 Å². The Bertz CT molecular complexity index is 542. The van der Waals surface area contributed by atoms with Crippen LogP contribution in [0.5, 0.6) is 0 Å². The van der Waals surface area contributed by atoms with Crippen LogP contribution in [0.25, 0.3) is 0 Å². The molecule has 5 nitrogen and oxygen atoms in total. The van der Waals surface area contributed by atoms with E-state index in [9.17, 15) is 9.59 Å². The molecule has 1 N–H and O–H groups in total. The number of hydrogen-bond acceptors (Lipinski definition) is 3. The number of pyridine rings is 1. The van der Waals surface area contributed by atoms with Crippen LogP contribution in [-0.4, -0.2) is 41.3 Å². The fourth-order valence-corrected chi connectivity index (χ4v) is 2.49. The Labute approximate surface area is 125 Å². The lowest BCUT2D eigenvalue weighted by Gasteiger charge is -2.30. The first kappa shape index (κ1) is 15.2. The number of rotatable bonds is 4. The van der Waals surface area contributed by atoms with Crippen LogP contribution >= 0.6 is 0 Å². The molecule has 1 aliphatic rings. The van der Waals surface area contributed by atoms with Crippen molar-refractivity contribution in [1.82, 2.24) is 15.2 Å². The Morgan fingerprint density at radius 3 is 3.10 bits per heavy atom. The molecule has 1 fully saturated rings. The number of likely N-dealkylation sites (tertiary alicyclic amines) is 1. The second-order valence-corrected chi connectivity index (χ2v) is 5.43. The zero-order valence-electron chi connectivity index (χ0n) is 12.3. The van der Waals surface area contributed by atoms with Crippen molar-refractivity contribution in [3.8, 4) is 0 Å². The molecule has 1 saturated heterocycles. The molecule has 1 aliphatic heterocycles. The van der Waals surface area contributed by atoms with Gasteiger partial charge in [0.05, 0.1) is 0 Å². The lowest BCUT2D eigenvalue weighted by molar-refractivity contribution is 0.0677. The molecule has 2 amide bonds. The number of carbonyl (C=O) groups is 2. The van der Waals surface area contributed by atoms with Gasteiger partial charge in [0.1, 0.15) is 5.69 Å². The second-order valence-electron chi connectivity index (χ2n) is 5.43. The molecule has 0 aliphatic carbocycles. The molecule has 1 atom stereocenters. The van der Waals surface area contributed by atoms with Crippen molar-refractivity contribution in [2.45, 2.75) is 19.8 Å². The van der Waals surface area contributed by atoms with Gasteiger partial charge in [-0.05, 0) is 30.9 Å². The monoisotopic (exact) mass is 287 g/mol. The van der Waals surface area contributed by atoms with E-state index < -0.39 is 0 Å². The summed E-state index contributed by atoms with van der Waals surface area (Å²) in [5.41, 5.74) is 0.774. The van der Waals surface area contributed by atoms with E-state index in [-0.39, 0.29) is 11.8 Å². The van der Waals surface area contributed by atoms with Crippen LogP contribution in [0.1, 0.15) is 40.6 Å². The first-order valence-electron chi connectivity index (χ1n) is 7.26. The van der Waals surface area contributed by atoms with Crippen molar-refractivity contribution in [1.29, 1.82) is 0 Å². The van der Waals surface area contributed by atoms with E-state index in [4.69, 9.17) is 0 Å². The molecule has 0 aromatic carbocycles. The smallest absolute Gasteiger partial charge is 0.272 e. The maximum Gasteiger partial charge on any atom is 0.272 e. The highest BCUT2D eigenvalue weighted by molar-refractivity contribution is 5.98. The van der Waals surface area contributed by atoms with Gasteiger partial charge in [-0.3, -0.25) is 14.6 Å². The number of carbonyl (C=O) groups excluding carboxylic acids is 2. The van der Waals surface area contributed by atoms with Gasteiger partial charge in [0.15, 0.2) is 0 Å². The van der Waals surface area contributed by atoms with Crippen LogP contribution < -0.4 is 5.32 Å². The van der Waals surface area contributed by atoms with E-state index in [1.54, 1.807) is 18.2 Å². The summed E-state index contributed by atoms with van der Waals surface area (Å²) in [4.78, 5) is 30.3. The quantitative estimate of drug-likeness (QED) is 0.860. The van der Waals surface area contributed by atoms with Gasteiger partial charge in [-0.25, -0.2) is 0 Å². The minimum Gasteiger partial charge on any atom is -0.349 e.